The van der Waals surface area contributed by atoms with Crippen LogP contribution in [0, 0.1) is 12.8 Å². The molecule has 0 unspecified atom stereocenters. The number of likely N-dealkylation sites (tertiary alicyclic amines) is 1. The summed E-state index contributed by atoms with van der Waals surface area (Å²) in [7, 11) is 1.26. The average Bonchev–Trinajstić information content (AvgIpc) is 2.61. The molecule has 1 saturated heterocycles. The lowest BCUT2D eigenvalue weighted by atomic mass is 9.98. The number of piperidine rings is 1. The normalized spacial score (nSPS) is 19.7. The molecule has 2 atom stereocenters. The van der Waals surface area contributed by atoms with E-state index in [0.717, 1.165) is 5.56 Å². The standard InChI is InChI=1S/C20H28N2O5/c1-12(2)9-18(24)21-16-10-14(6-5-13(16)3)19(25)22-8-7-15(23)11-17(22)20(26)27-4/h5-6,10,12,15,17,23H,7-9,11H2,1-4H3,(H,21,24)/t15-,17+/m1/s1. The number of hydrogen-bond donors (Lipinski definition) is 2. The van der Waals surface area contributed by atoms with Crippen LogP contribution in [0.15, 0.2) is 18.2 Å². The number of rotatable bonds is 5. The van der Waals surface area contributed by atoms with Gasteiger partial charge in [0.1, 0.15) is 6.04 Å². The number of benzene rings is 1. The van der Waals surface area contributed by atoms with Gasteiger partial charge in [-0.25, -0.2) is 4.79 Å². The van der Waals surface area contributed by atoms with E-state index in [4.69, 9.17) is 4.74 Å². The Morgan fingerprint density at radius 1 is 1.33 bits per heavy atom. The molecule has 1 aromatic carbocycles. The van der Waals surface area contributed by atoms with E-state index in [9.17, 15) is 19.5 Å². The van der Waals surface area contributed by atoms with Crippen LogP contribution >= 0.6 is 0 Å². The van der Waals surface area contributed by atoms with Gasteiger partial charge in [0.05, 0.1) is 13.2 Å². The number of nitrogens with one attached hydrogen (secondary N) is 1. The minimum Gasteiger partial charge on any atom is -0.467 e. The smallest absolute Gasteiger partial charge is 0.328 e. The number of hydrogen-bond acceptors (Lipinski definition) is 5. The molecule has 0 saturated carbocycles. The van der Waals surface area contributed by atoms with Gasteiger partial charge in [0.15, 0.2) is 0 Å². The van der Waals surface area contributed by atoms with Crippen LogP contribution in [0.2, 0.25) is 0 Å². The number of aryl methyl sites for hydroxylation is 1. The number of ether oxygens (including phenoxy) is 1. The van der Waals surface area contributed by atoms with Crippen molar-refractivity contribution < 1.29 is 24.2 Å². The predicted molar refractivity (Wildman–Crippen MR) is 101 cm³/mol. The Labute approximate surface area is 159 Å². The van der Waals surface area contributed by atoms with E-state index >= 15 is 0 Å². The van der Waals surface area contributed by atoms with Crippen molar-refractivity contribution in [3.8, 4) is 0 Å². The number of carbonyl (C=O) groups is 3. The zero-order valence-corrected chi connectivity index (χ0v) is 16.3. The Bertz CT molecular complexity index is 716. The quantitative estimate of drug-likeness (QED) is 0.768. The minimum absolute atomic E-state index is 0.105. The second kappa shape index (κ2) is 8.99. The Morgan fingerprint density at radius 3 is 2.67 bits per heavy atom. The molecule has 0 radical (unpaired) electrons. The molecule has 1 aliphatic rings. The highest BCUT2D eigenvalue weighted by Gasteiger charge is 2.36. The molecular formula is C20H28N2O5. The molecule has 148 valence electrons. The molecule has 0 spiro atoms. The summed E-state index contributed by atoms with van der Waals surface area (Å²) in [5.41, 5.74) is 1.81. The van der Waals surface area contributed by atoms with E-state index in [1.54, 1.807) is 18.2 Å². The molecule has 0 aromatic heterocycles. The van der Waals surface area contributed by atoms with E-state index in [2.05, 4.69) is 5.32 Å². The summed E-state index contributed by atoms with van der Waals surface area (Å²) in [6.07, 6.45) is 0.319. The summed E-state index contributed by atoms with van der Waals surface area (Å²) in [6, 6.07) is 4.26. The lowest BCUT2D eigenvalue weighted by molar-refractivity contribution is -0.148. The summed E-state index contributed by atoms with van der Waals surface area (Å²) < 4.78 is 4.79. The van der Waals surface area contributed by atoms with Crippen LogP contribution < -0.4 is 5.32 Å². The summed E-state index contributed by atoms with van der Waals surface area (Å²) in [5.74, 6) is -0.738. The van der Waals surface area contributed by atoms with Crippen LogP contribution in [0.4, 0.5) is 5.69 Å². The second-order valence-electron chi connectivity index (χ2n) is 7.39. The highest BCUT2D eigenvalue weighted by atomic mass is 16.5. The molecule has 2 rings (SSSR count). The number of aliphatic hydroxyl groups is 1. The molecular weight excluding hydrogens is 348 g/mol. The second-order valence-corrected chi connectivity index (χ2v) is 7.39. The molecule has 1 aromatic rings. The van der Waals surface area contributed by atoms with E-state index < -0.39 is 18.1 Å². The Balaban J connectivity index is 2.23. The lowest BCUT2D eigenvalue weighted by Gasteiger charge is -2.36. The zero-order chi connectivity index (χ0) is 20.1. The summed E-state index contributed by atoms with van der Waals surface area (Å²) in [4.78, 5) is 38.5. The molecule has 1 fully saturated rings. The summed E-state index contributed by atoms with van der Waals surface area (Å²) >= 11 is 0. The summed E-state index contributed by atoms with van der Waals surface area (Å²) in [5, 5.41) is 12.7. The molecule has 1 aliphatic heterocycles. The van der Waals surface area contributed by atoms with Gasteiger partial charge in [0.2, 0.25) is 5.91 Å². The number of nitrogens with zero attached hydrogens (tertiary/aromatic N) is 1. The van der Waals surface area contributed by atoms with Crippen LogP contribution in [0.5, 0.6) is 0 Å². The first-order valence-electron chi connectivity index (χ1n) is 9.20. The van der Waals surface area contributed by atoms with Crippen LogP contribution in [-0.4, -0.2) is 53.6 Å². The van der Waals surface area contributed by atoms with Gasteiger partial charge < -0.3 is 20.1 Å². The highest BCUT2D eigenvalue weighted by molar-refractivity contribution is 5.99. The third kappa shape index (κ3) is 5.29. The van der Waals surface area contributed by atoms with Gasteiger partial charge in [-0.05, 0) is 37.0 Å². The van der Waals surface area contributed by atoms with Gasteiger partial charge in [-0.1, -0.05) is 19.9 Å². The number of methoxy groups -OCH3 is 1. The molecule has 0 aliphatic carbocycles. The zero-order valence-electron chi connectivity index (χ0n) is 16.3. The largest absolute Gasteiger partial charge is 0.467 e. The van der Waals surface area contributed by atoms with Crippen molar-refractivity contribution in [1.82, 2.24) is 4.90 Å². The molecule has 0 bridgehead atoms. The molecule has 2 N–H and O–H groups in total. The van der Waals surface area contributed by atoms with Gasteiger partial charge >= 0.3 is 5.97 Å². The Kier molecular flexibility index (Phi) is 6.96. The number of amides is 2. The van der Waals surface area contributed by atoms with E-state index in [1.807, 2.05) is 20.8 Å². The fourth-order valence-corrected chi connectivity index (χ4v) is 3.18. The van der Waals surface area contributed by atoms with Gasteiger partial charge in [0.25, 0.3) is 5.91 Å². The SMILES string of the molecule is COC(=O)[C@@H]1C[C@H](O)CCN1C(=O)c1ccc(C)c(NC(=O)CC(C)C)c1. The van der Waals surface area contributed by atoms with E-state index in [-0.39, 0.29) is 30.7 Å². The molecule has 1 heterocycles. The van der Waals surface area contributed by atoms with Gasteiger partial charge in [-0.2, -0.15) is 0 Å². The highest BCUT2D eigenvalue weighted by Crippen LogP contribution is 2.24. The number of esters is 1. The van der Waals surface area contributed by atoms with E-state index in [1.165, 1.54) is 12.0 Å². The van der Waals surface area contributed by atoms with Crippen molar-refractivity contribution in [2.45, 2.75) is 52.2 Å². The lowest BCUT2D eigenvalue weighted by Crippen LogP contribution is -2.51. The van der Waals surface area contributed by atoms with Crippen molar-refractivity contribution in [2.24, 2.45) is 5.92 Å². The van der Waals surface area contributed by atoms with Crippen molar-refractivity contribution >= 4 is 23.5 Å². The van der Waals surface area contributed by atoms with Crippen molar-refractivity contribution in [2.75, 3.05) is 19.0 Å². The minimum atomic E-state index is -0.813. The maximum atomic E-state index is 13.0. The van der Waals surface area contributed by atoms with Crippen molar-refractivity contribution in [3.05, 3.63) is 29.3 Å². The Hall–Kier alpha value is -2.41. The molecule has 27 heavy (non-hydrogen) atoms. The molecule has 2 amide bonds. The number of aliphatic hydroxyl groups excluding tert-OH is 1. The van der Waals surface area contributed by atoms with Crippen LogP contribution in [-0.2, 0) is 14.3 Å². The fourth-order valence-electron chi connectivity index (χ4n) is 3.18. The van der Waals surface area contributed by atoms with Crippen molar-refractivity contribution in [1.29, 1.82) is 0 Å². The Morgan fingerprint density at radius 2 is 2.04 bits per heavy atom. The maximum Gasteiger partial charge on any atom is 0.328 e. The predicted octanol–water partition coefficient (Wildman–Crippen LogP) is 2.12. The van der Waals surface area contributed by atoms with Crippen LogP contribution in [0.3, 0.4) is 0 Å². The maximum absolute atomic E-state index is 13.0. The molecule has 7 heteroatoms. The average molecular weight is 376 g/mol. The van der Waals surface area contributed by atoms with Gasteiger partial charge in [0, 0.05) is 30.6 Å². The third-order valence-corrected chi connectivity index (χ3v) is 4.66. The first kappa shape index (κ1) is 20.9. The topological polar surface area (TPSA) is 95.9 Å². The number of anilines is 1. The summed E-state index contributed by atoms with van der Waals surface area (Å²) in [6.45, 7) is 6.05. The van der Waals surface area contributed by atoms with Crippen LogP contribution in [0.25, 0.3) is 0 Å². The van der Waals surface area contributed by atoms with Gasteiger partial charge in [-0.3, -0.25) is 9.59 Å². The fraction of sp³-hybridized carbons (Fsp3) is 0.550. The van der Waals surface area contributed by atoms with E-state index in [0.29, 0.717) is 24.1 Å². The third-order valence-electron chi connectivity index (χ3n) is 4.66. The monoisotopic (exact) mass is 376 g/mol. The first-order valence-corrected chi connectivity index (χ1v) is 9.20. The van der Waals surface area contributed by atoms with Crippen molar-refractivity contribution in [3.63, 3.8) is 0 Å². The molecule has 7 nitrogen and oxygen atoms in total. The first-order chi connectivity index (χ1) is 12.7. The van der Waals surface area contributed by atoms with Gasteiger partial charge in [-0.15, -0.1) is 0 Å². The van der Waals surface area contributed by atoms with Crippen LogP contribution in [0.1, 0.15) is 49.0 Å². The number of carbonyl (C=O) groups excluding carboxylic acids is 3.